The zero-order valence-corrected chi connectivity index (χ0v) is 10.9. The third-order valence-corrected chi connectivity index (χ3v) is 3.52. The Morgan fingerprint density at radius 3 is 2.58 bits per heavy atom. The molecular formula is C15H17NO3. The summed E-state index contributed by atoms with van der Waals surface area (Å²) in [6, 6.07) is 9.55. The lowest BCUT2D eigenvalue weighted by atomic mass is 9.90. The molecule has 1 unspecified atom stereocenters. The molecule has 1 aromatic carbocycles. The molecule has 0 aromatic heterocycles. The molecule has 0 spiro atoms. The molecule has 1 aliphatic heterocycles. The molecular weight excluding hydrogens is 242 g/mol. The van der Waals surface area contributed by atoms with Gasteiger partial charge in [-0.2, -0.15) is 0 Å². The van der Waals surface area contributed by atoms with Gasteiger partial charge in [0.25, 0.3) is 0 Å². The van der Waals surface area contributed by atoms with Crippen LogP contribution < -0.4 is 0 Å². The van der Waals surface area contributed by atoms with E-state index >= 15 is 0 Å². The number of carbonyl (C=O) groups is 2. The lowest BCUT2D eigenvalue weighted by molar-refractivity contribution is -0.147. The predicted molar refractivity (Wildman–Crippen MR) is 72.4 cm³/mol. The van der Waals surface area contributed by atoms with Gasteiger partial charge in [-0.05, 0) is 25.0 Å². The van der Waals surface area contributed by atoms with Crippen LogP contribution in [0.2, 0.25) is 0 Å². The smallest absolute Gasteiger partial charge is 0.311 e. The number of nitrogens with zero attached hydrogens (tertiary/aromatic N) is 1. The summed E-state index contributed by atoms with van der Waals surface area (Å²) < 4.78 is 0. The van der Waals surface area contributed by atoms with Gasteiger partial charge < -0.3 is 10.0 Å². The van der Waals surface area contributed by atoms with Crippen LogP contribution in [0.1, 0.15) is 18.9 Å². The van der Waals surface area contributed by atoms with Gasteiger partial charge in [-0.3, -0.25) is 9.59 Å². The van der Waals surface area contributed by atoms with Crippen molar-refractivity contribution < 1.29 is 14.7 Å². The maximum atomic E-state index is 12.0. The zero-order valence-electron chi connectivity index (χ0n) is 10.9. The lowest BCUT2D eigenvalue weighted by Gasteiger charge is -2.18. The second kappa shape index (κ2) is 5.26. The molecule has 2 rings (SSSR count). The van der Waals surface area contributed by atoms with Crippen molar-refractivity contribution in [1.82, 2.24) is 4.90 Å². The van der Waals surface area contributed by atoms with Crippen LogP contribution in [-0.2, 0) is 9.59 Å². The van der Waals surface area contributed by atoms with E-state index in [-0.39, 0.29) is 12.5 Å². The minimum atomic E-state index is -0.838. The first-order valence-corrected chi connectivity index (χ1v) is 6.27. The van der Waals surface area contributed by atoms with Crippen molar-refractivity contribution in [2.75, 3.05) is 13.1 Å². The fraction of sp³-hybridized carbons (Fsp3) is 0.333. The molecule has 1 aliphatic rings. The van der Waals surface area contributed by atoms with Crippen LogP contribution in [0, 0.1) is 5.41 Å². The van der Waals surface area contributed by atoms with E-state index in [1.54, 1.807) is 17.9 Å². The Bertz CT molecular complexity index is 509. The highest BCUT2D eigenvalue weighted by molar-refractivity contribution is 5.92. The van der Waals surface area contributed by atoms with E-state index in [0.717, 1.165) is 5.56 Å². The Morgan fingerprint density at radius 2 is 2.00 bits per heavy atom. The molecule has 1 N–H and O–H groups in total. The van der Waals surface area contributed by atoms with E-state index in [1.807, 2.05) is 30.3 Å². The molecule has 0 bridgehead atoms. The van der Waals surface area contributed by atoms with Gasteiger partial charge in [0.1, 0.15) is 0 Å². The highest BCUT2D eigenvalue weighted by Crippen LogP contribution is 2.30. The molecule has 1 saturated heterocycles. The standard InChI is InChI=1S/C15H17NO3/c1-15(14(18)19)9-10-16(11-15)13(17)8-7-12-5-3-2-4-6-12/h2-8H,9-11H2,1H3,(H,18,19). The summed E-state index contributed by atoms with van der Waals surface area (Å²) in [6.45, 7) is 2.46. The van der Waals surface area contributed by atoms with Crippen molar-refractivity contribution in [3.63, 3.8) is 0 Å². The van der Waals surface area contributed by atoms with E-state index in [0.29, 0.717) is 13.0 Å². The Balaban J connectivity index is 1.99. The van der Waals surface area contributed by atoms with Crippen molar-refractivity contribution in [3.05, 3.63) is 42.0 Å². The molecule has 1 heterocycles. The number of hydrogen-bond donors (Lipinski definition) is 1. The third kappa shape index (κ3) is 3.02. The normalized spacial score (nSPS) is 22.9. The highest BCUT2D eigenvalue weighted by atomic mass is 16.4. The molecule has 1 aromatic rings. The molecule has 0 saturated carbocycles. The van der Waals surface area contributed by atoms with Crippen molar-refractivity contribution in [2.24, 2.45) is 5.41 Å². The van der Waals surface area contributed by atoms with Crippen molar-refractivity contribution >= 4 is 18.0 Å². The molecule has 4 nitrogen and oxygen atoms in total. The number of benzene rings is 1. The fourth-order valence-corrected chi connectivity index (χ4v) is 2.16. The van der Waals surface area contributed by atoms with Crippen molar-refractivity contribution in [3.8, 4) is 0 Å². The summed E-state index contributed by atoms with van der Waals surface area (Å²) in [5.74, 6) is -0.969. The molecule has 0 radical (unpaired) electrons. The molecule has 100 valence electrons. The zero-order chi connectivity index (χ0) is 13.9. The van der Waals surface area contributed by atoms with Crippen LogP contribution in [0.15, 0.2) is 36.4 Å². The Hall–Kier alpha value is -2.10. The van der Waals surface area contributed by atoms with Gasteiger partial charge in [0, 0.05) is 19.2 Å². The van der Waals surface area contributed by atoms with Gasteiger partial charge in [-0.25, -0.2) is 0 Å². The Labute approximate surface area is 112 Å². The van der Waals surface area contributed by atoms with E-state index < -0.39 is 11.4 Å². The van der Waals surface area contributed by atoms with E-state index in [1.165, 1.54) is 6.08 Å². The molecule has 4 heteroatoms. The average Bonchev–Trinajstić information content (AvgIpc) is 2.81. The lowest BCUT2D eigenvalue weighted by Crippen LogP contribution is -2.34. The summed E-state index contributed by atoms with van der Waals surface area (Å²) in [6.07, 6.45) is 3.76. The predicted octanol–water partition coefficient (Wildman–Crippen LogP) is 2.02. The van der Waals surface area contributed by atoms with Crippen LogP contribution in [0.4, 0.5) is 0 Å². The van der Waals surface area contributed by atoms with E-state index in [4.69, 9.17) is 5.11 Å². The quantitative estimate of drug-likeness (QED) is 0.845. The highest BCUT2D eigenvalue weighted by Gasteiger charge is 2.41. The van der Waals surface area contributed by atoms with E-state index in [2.05, 4.69) is 0 Å². The van der Waals surface area contributed by atoms with Gasteiger partial charge in [0.05, 0.1) is 5.41 Å². The molecule has 1 fully saturated rings. The fourth-order valence-electron chi connectivity index (χ4n) is 2.16. The van der Waals surface area contributed by atoms with Crippen LogP contribution in [-0.4, -0.2) is 35.0 Å². The van der Waals surface area contributed by atoms with Gasteiger partial charge in [0.15, 0.2) is 0 Å². The first kappa shape index (κ1) is 13.3. The first-order valence-electron chi connectivity index (χ1n) is 6.27. The van der Waals surface area contributed by atoms with Gasteiger partial charge in [0.2, 0.25) is 5.91 Å². The minimum absolute atomic E-state index is 0.131. The number of carboxylic acids is 1. The summed E-state index contributed by atoms with van der Waals surface area (Å²) in [7, 11) is 0. The van der Waals surface area contributed by atoms with Crippen LogP contribution in [0.25, 0.3) is 6.08 Å². The number of likely N-dealkylation sites (tertiary alicyclic amines) is 1. The Kier molecular flexibility index (Phi) is 3.69. The minimum Gasteiger partial charge on any atom is -0.481 e. The van der Waals surface area contributed by atoms with Gasteiger partial charge in [-0.1, -0.05) is 30.3 Å². The second-order valence-electron chi connectivity index (χ2n) is 5.12. The molecule has 1 atom stereocenters. The largest absolute Gasteiger partial charge is 0.481 e. The van der Waals surface area contributed by atoms with Gasteiger partial charge >= 0.3 is 5.97 Å². The maximum Gasteiger partial charge on any atom is 0.311 e. The molecule has 0 aliphatic carbocycles. The summed E-state index contributed by atoms with van der Waals surface area (Å²) in [5.41, 5.74) is 0.145. The second-order valence-corrected chi connectivity index (χ2v) is 5.12. The van der Waals surface area contributed by atoms with Crippen LogP contribution >= 0.6 is 0 Å². The van der Waals surface area contributed by atoms with Crippen LogP contribution in [0.3, 0.4) is 0 Å². The number of amides is 1. The summed E-state index contributed by atoms with van der Waals surface area (Å²) in [5, 5.41) is 9.12. The molecule has 1 amide bonds. The van der Waals surface area contributed by atoms with Gasteiger partial charge in [-0.15, -0.1) is 0 Å². The SMILES string of the molecule is CC1(C(=O)O)CCN(C(=O)C=Cc2ccccc2)C1. The summed E-state index contributed by atoms with van der Waals surface area (Å²) in [4.78, 5) is 24.7. The number of hydrogen-bond acceptors (Lipinski definition) is 2. The maximum absolute atomic E-state index is 12.0. The third-order valence-electron chi connectivity index (χ3n) is 3.52. The summed E-state index contributed by atoms with van der Waals surface area (Å²) >= 11 is 0. The first-order chi connectivity index (χ1) is 9.01. The van der Waals surface area contributed by atoms with Crippen LogP contribution in [0.5, 0.6) is 0 Å². The number of aliphatic carboxylic acids is 1. The average molecular weight is 259 g/mol. The number of carbonyl (C=O) groups excluding carboxylic acids is 1. The van der Waals surface area contributed by atoms with Crippen molar-refractivity contribution in [1.29, 1.82) is 0 Å². The number of carboxylic acid groups (broad SMARTS) is 1. The topological polar surface area (TPSA) is 57.6 Å². The number of rotatable bonds is 3. The van der Waals surface area contributed by atoms with Crippen molar-refractivity contribution in [2.45, 2.75) is 13.3 Å². The molecule has 19 heavy (non-hydrogen) atoms. The Morgan fingerprint density at radius 1 is 1.32 bits per heavy atom. The monoisotopic (exact) mass is 259 g/mol. The van der Waals surface area contributed by atoms with E-state index in [9.17, 15) is 9.59 Å².